The average Bonchev–Trinajstić information content (AvgIpc) is 2.77. The summed E-state index contributed by atoms with van der Waals surface area (Å²) in [6.07, 6.45) is 8.66. The zero-order valence-corrected chi connectivity index (χ0v) is 16.6. The van der Waals surface area contributed by atoms with Crippen molar-refractivity contribution in [2.45, 2.75) is 44.9 Å². The minimum Gasteiger partial charge on any atom is -0.268 e. The Kier molecular flexibility index (Phi) is 4.67. The van der Waals surface area contributed by atoms with E-state index in [1.807, 2.05) is 54.6 Å². The largest absolute Gasteiger partial charge is 0.268 e. The Morgan fingerprint density at radius 2 is 1.41 bits per heavy atom. The van der Waals surface area contributed by atoms with Crippen molar-refractivity contribution in [1.29, 1.82) is 0 Å². The molecule has 0 bridgehead atoms. The number of benzene rings is 3. The van der Waals surface area contributed by atoms with Gasteiger partial charge in [0.2, 0.25) is 0 Å². The fourth-order valence-electron chi connectivity index (χ4n) is 5.03. The molecule has 2 aliphatic rings. The number of aryl methyl sites for hydroxylation is 1. The van der Waals surface area contributed by atoms with Gasteiger partial charge in [-0.2, -0.15) is 0 Å². The minimum absolute atomic E-state index is 0.218. The summed E-state index contributed by atoms with van der Waals surface area (Å²) in [4.78, 5) is 28.2. The van der Waals surface area contributed by atoms with Crippen molar-refractivity contribution in [3.05, 3.63) is 77.4 Å². The fourth-order valence-corrected chi connectivity index (χ4v) is 5.03. The van der Waals surface area contributed by atoms with Crippen LogP contribution in [0.2, 0.25) is 0 Å². The molecule has 1 fully saturated rings. The quantitative estimate of drug-likeness (QED) is 0.507. The molecule has 0 radical (unpaired) electrons. The lowest BCUT2D eigenvalue weighted by Gasteiger charge is -2.29. The van der Waals surface area contributed by atoms with Crippen LogP contribution in [0, 0.1) is 5.92 Å². The van der Waals surface area contributed by atoms with Gasteiger partial charge in [-0.15, -0.1) is 0 Å². The van der Waals surface area contributed by atoms with Gasteiger partial charge >= 0.3 is 0 Å². The molecule has 0 saturated heterocycles. The Morgan fingerprint density at radius 1 is 0.759 bits per heavy atom. The molecule has 1 saturated carbocycles. The van der Waals surface area contributed by atoms with E-state index in [1.165, 1.54) is 37.0 Å². The van der Waals surface area contributed by atoms with Crippen molar-refractivity contribution in [2.75, 3.05) is 4.90 Å². The van der Waals surface area contributed by atoms with Crippen LogP contribution in [-0.4, -0.2) is 11.8 Å². The van der Waals surface area contributed by atoms with Crippen molar-refractivity contribution >= 4 is 28.3 Å². The predicted octanol–water partition coefficient (Wildman–Crippen LogP) is 6.15. The maximum atomic E-state index is 13.4. The topological polar surface area (TPSA) is 37.4 Å². The molecule has 0 spiro atoms. The Morgan fingerprint density at radius 3 is 2.10 bits per heavy atom. The predicted molar refractivity (Wildman–Crippen MR) is 116 cm³/mol. The lowest BCUT2D eigenvalue weighted by atomic mass is 9.85. The molecule has 3 heteroatoms. The summed E-state index contributed by atoms with van der Waals surface area (Å²) >= 11 is 0. The summed E-state index contributed by atoms with van der Waals surface area (Å²) in [7, 11) is 0. The first-order chi connectivity index (χ1) is 14.2. The van der Waals surface area contributed by atoms with E-state index in [0.29, 0.717) is 11.1 Å². The summed E-state index contributed by atoms with van der Waals surface area (Å²) in [5.74, 6) is 0.327. The number of nitrogens with zero attached hydrogens (tertiary/aromatic N) is 1. The molecule has 3 aromatic rings. The maximum Gasteiger partial charge on any atom is 0.265 e. The van der Waals surface area contributed by atoms with E-state index in [9.17, 15) is 9.59 Å². The second kappa shape index (κ2) is 7.47. The highest BCUT2D eigenvalue weighted by Crippen LogP contribution is 2.35. The van der Waals surface area contributed by atoms with Gasteiger partial charge in [0.15, 0.2) is 0 Å². The maximum absolute atomic E-state index is 13.4. The average molecular weight is 383 g/mol. The number of hydrogen-bond donors (Lipinski definition) is 0. The van der Waals surface area contributed by atoms with E-state index in [0.717, 1.165) is 40.8 Å². The summed E-state index contributed by atoms with van der Waals surface area (Å²) in [6.45, 7) is 0. The molecule has 2 amide bonds. The number of amides is 2. The molecule has 29 heavy (non-hydrogen) atoms. The standard InChI is InChI=1S/C26H25NO2/c28-25-21-13-6-11-20-12-7-14-22(24(20)21)26(29)27(25)23-15-5-4-10-19(23)17-16-18-8-2-1-3-9-18/h4-7,10-15,18H,1-3,8-9,16-17H2. The number of carbonyl (C=O) groups excluding carboxylic acids is 2. The first-order valence-corrected chi connectivity index (χ1v) is 10.7. The SMILES string of the molecule is O=C1c2cccc3cccc(c23)C(=O)N1c1ccccc1CCC1CCCCC1. The van der Waals surface area contributed by atoms with Crippen LogP contribution in [-0.2, 0) is 6.42 Å². The number of carbonyl (C=O) groups is 2. The van der Waals surface area contributed by atoms with Crippen LogP contribution in [0.4, 0.5) is 5.69 Å². The zero-order valence-electron chi connectivity index (χ0n) is 16.6. The Balaban J connectivity index is 1.52. The van der Waals surface area contributed by atoms with Crippen LogP contribution in [0.3, 0.4) is 0 Å². The van der Waals surface area contributed by atoms with E-state index in [-0.39, 0.29) is 11.8 Å². The summed E-state index contributed by atoms with van der Waals surface area (Å²) in [6, 6.07) is 19.3. The fraction of sp³-hybridized carbons (Fsp3) is 0.308. The van der Waals surface area contributed by atoms with E-state index in [4.69, 9.17) is 0 Å². The number of hydrogen-bond acceptors (Lipinski definition) is 2. The van der Waals surface area contributed by atoms with Crippen LogP contribution in [0.25, 0.3) is 10.8 Å². The molecule has 1 heterocycles. The van der Waals surface area contributed by atoms with Crippen LogP contribution in [0.15, 0.2) is 60.7 Å². The van der Waals surface area contributed by atoms with Gasteiger partial charge in [0.05, 0.1) is 5.69 Å². The van der Waals surface area contributed by atoms with Crippen molar-refractivity contribution in [3.63, 3.8) is 0 Å². The smallest absolute Gasteiger partial charge is 0.265 e. The molecule has 0 N–H and O–H groups in total. The van der Waals surface area contributed by atoms with Gasteiger partial charge in [0.1, 0.15) is 0 Å². The van der Waals surface area contributed by atoms with Crippen LogP contribution in [0.1, 0.15) is 64.8 Å². The van der Waals surface area contributed by atoms with E-state index in [1.54, 1.807) is 0 Å². The van der Waals surface area contributed by atoms with Crippen molar-refractivity contribution in [3.8, 4) is 0 Å². The van der Waals surface area contributed by atoms with Crippen molar-refractivity contribution < 1.29 is 9.59 Å². The first-order valence-electron chi connectivity index (χ1n) is 10.7. The van der Waals surface area contributed by atoms with Crippen LogP contribution < -0.4 is 4.90 Å². The van der Waals surface area contributed by atoms with E-state index in [2.05, 4.69) is 6.07 Å². The Hall–Kier alpha value is -2.94. The zero-order chi connectivity index (χ0) is 19.8. The summed E-state index contributed by atoms with van der Waals surface area (Å²) in [5.41, 5.74) is 3.05. The lowest BCUT2D eigenvalue weighted by Crippen LogP contribution is -2.41. The van der Waals surface area contributed by atoms with Gasteiger partial charge in [-0.05, 0) is 47.9 Å². The molecule has 0 unspecified atom stereocenters. The highest BCUT2D eigenvalue weighted by Gasteiger charge is 2.34. The minimum atomic E-state index is -0.218. The molecule has 0 aromatic heterocycles. The van der Waals surface area contributed by atoms with Crippen LogP contribution in [0.5, 0.6) is 0 Å². The third-order valence-corrected chi connectivity index (χ3v) is 6.55. The third-order valence-electron chi connectivity index (χ3n) is 6.55. The second-order valence-electron chi connectivity index (χ2n) is 8.33. The number of para-hydroxylation sites is 1. The molecule has 3 nitrogen and oxygen atoms in total. The first kappa shape index (κ1) is 18.1. The summed E-state index contributed by atoms with van der Waals surface area (Å²) in [5, 5.41) is 1.72. The van der Waals surface area contributed by atoms with Crippen molar-refractivity contribution in [2.24, 2.45) is 5.92 Å². The monoisotopic (exact) mass is 383 g/mol. The van der Waals surface area contributed by atoms with Crippen LogP contribution >= 0.6 is 0 Å². The second-order valence-corrected chi connectivity index (χ2v) is 8.33. The van der Waals surface area contributed by atoms with Gasteiger partial charge in [-0.3, -0.25) is 9.59 Å². The molecule has 0 atom stereocenters. The molecule has 5 rings (SSSR count). The van der Waals surface area contributed by atoms with Gasteiger partial charge in [0, 0.05) is 16.5 Å². The Bertz CT molecular complexity index is 1040. The van der Waals surface area contributed by atoms with Gasteiger partial charge in [0.25, 0.3) is 11.8 Å². The van der Waals surface area contributed by atoms with Gasteiger partial charge in [-0.1, -0.05) is 74.6 Å². The lowest BCUT2D eigenvalue weighted by molar-refractivity contribution is 0.0893. The third kappa shape index (κ3) is 3.15. The van der Waals surface area contributed by atoms with E-state index < -0.39 is 0 Å². The number of anilines is 1. The summed E-state index contributed by atoms with van der Waals surface area (Å²) < 4.78 is 0. The molecule has 3 aromatic carbocycles. The van der Waals surface area contributed by atoms with Gasteiger partial charge in [-0.25, -0.2) is 4.90 Å². The molecule has 1 aliphatic heterocycles. The normalized spacial score (nSPS) is 17.2. The number of imide groups is 1. The Labute approximate surface area is 171 Å². The van der Waals surface area contributed by atoms with E-state index >= 15 is 0 Å². The van der Waals surface area contributed by atoms with Gasteiger partial charge < -0.3 is 0 Å². The molecular weight excluding hydrogens is 358 g/mol. The number of rotatable bonds is 4. The molecular formula is C26H25NO2. The highest BCUT2D eigenvalue weighted by molar-refractivity contribution is 6.35. The molecule has 1 aliphatic carbocycles. The molecule has 146 valence electrons. The van der Waals surface area contributed by atoms with Crippen molar-refractivity contribution in [1.82, 2.24) is 0 Å². The highest BCUT2D eigenvalue weighted by atomic mass is 16.2.